The van der Waals surface area contributed by atoms with Crippen molar-refractivity contribution in [3.63, 3.8) is 0 Å². The summed E-state index contributed by atoms with van der Waals surface area (Å²) in [6.45, 7) is 7.82. The molecule has 0 spiro atoms. The quantitative estimate of drug-likeness (QED) is 0.811. The van der Waals surface area contributed by atoms with Gasteiger partial charge in [-0.15, -0.1) is 0 Å². The summed E-state index contributed by atoms with van der Waals surface area (Å²) >= 11 is 0. The molecule has 0 aliphatic heterocycles. The third-order valence-corrected chi connectivity index (χ3v) is 3.02. The summed E-state index contributed by atoms with van der Waals surface area (Å²) in [5.74, 6) is 1.19. The second kappa shape index (κ2) is 7.13. The van der Waals surface area contributed by atoms with Crippen molar-refractivity contribution >= 4 is 5.91 Å². The number of nitrogens with one attached hydrogen (secondary N) is 1. The molecule has 1 heterocycles. The van der Waals surface area contributed by atoms with E-state index >= 15 is 0 Å². The molecule has 102 valence electrons. The lowest BCUT2D eigenvalue weighted by Gasteiger charge is -2.17. The maximum absolute atomic E-state index is 12.0. The predicted molar refractivity (Wildman–Crippen MR) is 68.9 cm³/mol. The number of carbonyl (C=O) groups is 1. The minimum absolute atomic E-state index is 0.0343. The van der Waals surface area contributed by atoms with E-state index < -0.39 is 0 Å². The van der Waals surface area contributed by atoms with Gasteiger partial charge in [0.1, 0.15) is 0 Å². The van der Waals surface area contributed by atoms with Gasteiger partial charge in [-0.3, -0.25) is 4.79 Å². The Labute approximate surface area is 108 Å². The first kappa shape index (κ1) is 14.7. The third-order valence-electron chi connectivity index (χ3n) is 3.02. The van der Waals surface area contributed by atoms with E-state index in [4.69, 9.17) is 4.52 Å². The van der Waals surface area contributed by atoms with Gasteiger partial charge in [0.05, 0.1) is 6.04 Å². The smallest absolute Gasteiger partial charge is 0.223 e. The Morgan fingerprint density at radius 2 is 2.17 bits per heavy atom. The SMILES string of the molecule is CCCC[C@@H](C)C(=O)N[C@@H](CC)c1noc(C)n1. The van der Waals surface area contributed by atoms with Crippen LogP contribution in [-0.2, 0) is 4.79 Å². The monoisotopic (exact) mass is 253 g/mol. The van der Waals surface area contributed by atoms with E-state index in [0.717, 1.165) is 25.7 Å². The minimum atomic E-state index is -0.154. The molecule has 5 nitrogen and oxygen atoms in total. The maximum Gasteiger partial charge on any atom is 0.223 e. The molecule has 0 aliphatic rings. The van der Waals surface area contributed by atoms with Crippen molar-refractivity contribution < 1.29 is 9.32 Å². The van der Waals surface area contributed by atoms with Crippen LogP contribution in [0.2, 0.25) is 0 Å². The molecule has 1 amide bonds. The van der Waals surface area contributed by atoms with Crippen LogP contribution >= 0.6 is 0 Å². The van der Waals surface area contributed by atoms with Crippen LogP contribution in [0.15, 0.2) is 4.52 Å². The number of rotatable bonds is 7. The highest BCUT2D eigenvalue weighted by molar-refractivity contribution is 5.78. The summed E-state index contributed by atoms with van der Waals surface area (Å²) in [5.41, 5.74) is 0. The number of aryl methyl sites for hydroxylation is 1. The Bertz CT molecular complexity index is 376. The Hall–Kier alpha value is -1.39. The highest BCUT2D eigenvalue weighted by Gasteiger charge is 2.20. The average molecular weight is 253 g/mol. The lowest BCUT2D eigenvalue weighted by atomic mass is 10.0. The van der Waals surface area contributed by atoms with Gasteiger partial charge in [0.15, 0.2) is 5.82 Å². The van der Waals surface area contributed by atoms with E-state index in [9.17, 15) is 4.79 Å². The topological polar surface area (TPSA) is 68.0 Å². The lowest BCUT2D eigenvalue weighted by Crippen LogP contribution is -2.33. The number of unbranched alkanes of at least 4 members (excludes halogenated alkanes) is 1. The number of amides is 1. The van der Waals surface area contributed by atoms with E-state index in [1.165, 1.54) is 0 Å². The van der Waals surface area contributed by atoms with E-state index in [-0.39, 0.29) is 17.9 Å². The van der Waals surface area contributed by atoms with Crippen LogP contribution < -0.4 is 5.32 Å². The van der Waals surface area contributed by atoms with Crippen molar-refractivity contribution in [2.24, 2.45) is 5.92 Å². The van der Waals surface area contributed by atoms with Crippen molar-refractivity contribution in [3.05, 3.63) is 11.7 Å². The Balaban J connectivity index is 2.55. The van der Waals surface area contributed by atoms with Gasteiger partial charge in [-0.2, -0.15) is 4.98 Å². The van der Waals surface area contributed by atoms with Crippen molar-refractivity contribution in [1.29, 1.82) is 0 Å². The molecular weight excluding hydrogens is 230 g/mol. The molecule has 0 bridgehead atoms. The van der Waals surface area contributed by atoms with Crippen molar-refractivity contribution in [3.8, 4) is 0 Å². The molecule has 1 aromatic rings. The first-order valence-electron chi connectivity index (χ1n) is 6.69. The van der Waals surface area contributed by atoms with Crippen LogP contribution in [0.4, 0.5) is 0 Å². The normalized spacial score (nSPS) is 14.2. The molecule has 0 aromatic carbocycles. The van der Waals surface area contributed by atoms with Gasteiger partial charge in [0, 0.05) is 12.8 Å². The van der Waals surface area contributed by atoms with Crippen molar-refractivity contribution in [2.45, 2.75) is 59.4 Å². The summed E-state index contributed by atoms with van der Waals surface area (Å²) in [6, 6.07) is -0.154. The number of hydrogen-bond acceptors (Lipinski definition) is 4. The van der Waals surface area contributed by atoms with Gasteiger partial charge < -0.3 is 9.84 Å². The van der Waals surface area contributed by atoms with Crippen LogP contribution in [0.25, 0.3) is 0 Å². The first-order chi connectivity index (χ1) is 8.58. The van der Waals surface area contributed by atoms with Gasteiger partial charge in [-0.1, -0.05) is 38.8 Å². The van der Waals surface area contributed by atoms with Gasteiger partial charge in [-0.25, -0.2) is 0 Å². The minimum Gasteiger partial charge on any atom is -0.346 e. The number of hydrogen-bond donors (Lipinski definition) is 1. The van der Waals surface area contributed by atoms with Gasteiger partial charge in [0.2, 0.25) is 11.8 Å². The van der Waals surface area contributed by atoms with Gasteiger partial charge in [-0.05, 0) is 12.8 Å². The Kier molecular flexibility index (Phi) is 5.82. The summed E-state index contributed by atoms with van der Waals surface area (Å²) in [7, 11) is 0. The summed E-state index contributed by atoms with van der Waals surface area (Å²) in [6.07, 6.45) is 3.86. The third kappa shape index (κ3) is 4.13. The van der Waals surface area contributed by atoms with Gasteiger partial charge in [0.25, 0.3) is 0 Å². The lowest BCUT2D eigenvalue weighted by molar-refractivity contribution is -0.125. The van der Waals surface area contributed by atoms with E-state index in [1.54, 1.807) is 6.92 Å². The van der Waals surface area contributed by atoms with E-state index in [2.05, 4.69) is 22.4 Å². The van der Waals surface area contributed by atoms with E-state index in [1.807, 2.05) is 13.8 Å². The van der Waals surface area contributed by atoms with Crippen LogP contribution in [0, 0.1) is 12.8 Å². The zero-order valence-corrected chi connectivity index (χ0v) is 11.7. The molecule has 0 saturated carbocycles. The fraction of sp³-hybridized carbons (Fsp3) is 0.769. The van der Waals surface area contributed by atoms with E-state index in [0.29, 0.717) is 11.7 Å². The van der Waals surface area contributed by atoms with Crippen LogP contribution in [0.3, 0.4) is 0 Å². The zero-order valence-electron chi connectivity index (χ0n) is 11.7. The molecule has 1 rings (SSSR count). The van der Waals surface area contributed by atoms with Crippen LogP contribution in [0.1, 0.15) is 64.2 Å². The predicted octanol–water partition coefficient (Wildman–Crippen LogP) is 2.77. The molecule has 0 aliphatic carbocycles. The number of aromatic nitrogens is 2. The fourth-order valence-electron chi connectivity index (χ4n) is 1.76. The highest BCUT2D eigenvalue weighted by atomic mass is 16.5. The highest BCUT2D eigenvalue weighted by Crippen LogP contribution is 2.15. The second-order valence-electron chi connectivity index (χ2n) is 4.68. The molecule has 18 heavy (non-hydrogen) atoms. The summed E-state index contributed by atoms with van der Waals surface area (Å²) in [4.78, 5) is 16.2. The zero-order chi connectivity index (χ0) is 13.5. The van der Waals surface area contributed by atoms with Crippen molar-refractivity contribution in [2.75, 3.05) is 0 Å². The van der Waals surface area contributed by atoms with Gasteiger partial charge >= 0.3 is 0 Å². The van der Waals surface area contributed by atoms with Crippen LogP contribution in [0.5, 0.6) is 0 Å². The number of nitrogens with zero attached hydrogens (tertiary/aromatic N) is 2. The molecule has 5 heteroatoms. The largest absolute Gasteiger partial charge is 0.346 e. The Morgan fingerprint density at radius 3 is 2.67 bits per heavy atom. The van der Waals surface area contributed by atoms with Crippen LogP contribution in [-0.4, -0.2) is 16.0 Å². The molecule has 0 saturated heterocycles. The molecule has 0 fully saturated rings. The molecule has 0 unspecified atom stereocenters. The first-order valence-corrected chi connectivity index (χ1v) is 6.69. The molecule has 1 N–H and O–H groups in total. The summed E-state index contributed by atoms with van der Waals surface area (Å²) < 4.78 is 4.94. The van der Waals surface area contributed by atoms with Crippen molar-refractivity contribution in [1.82, 2.24) is 15.5 Å². The average Bonchev–Trinajstić information content (AvgIpc) is 2.79. The molecule has 0 radical (unpaired) electrons. The standard InChI is InChI=1S/C13H23N3O2/c1-5-7-8-9(3)13(17)15-11(6-2)12-14-10(4)18-16-12/h9,11H,5-8H2,1-4H3,(H,15,17)/t9-,11+/m1/s1. The Morgan fingerprint density at radius 1 is 1.44 bits per heavy atom. The fourth-order valence-corrected chi connectivity index (χ4v) is 1.76. The molecule has 1 aromatic heterocycles. The maximum atomic E-state index is 12.0. The second-order valence-corrected chi connectivity index (χ2v) is 4.68. The molecular formula is C13H23N3O2. The summed E-state index contributed by atoms with van der Waals surface area (Å²) in [5, 5.41) is 6.84. The molecule has 2 atom stereocenters. The number of carbonyl (C=O) groups excluding carboxylic acids is 1.